The molecule has 0 bridgehead atoms. The van der Waals surface area contributed by atoms with E-state index >= 15 is 0 Å². The van der Waals surface area contributed by atoms with Gasteiger partial charge in [-0.3, -0.25) is 4.79 Å². The van der Waals surface area contributed by atoms with Crippen molar-refractivity contribution in [2.24, 2.45) is 5.92 Å². The van der Waals surface area contributed by atoms with Crippen molar-refractivity contribution >= 4 is 11.6 Å². The predicted molar refractivity (Wildman–Crippen MR) is 91.6 cm³/mol. The van der Waals surface area contributed by atoms with Crippen molar-refractivity contribution in [1.82, 2.24) is 25.5 Å². The summed E-state index contributed by atoms with van der Waals surface area (Å²) in [5, 5.41) is 17.7. The molecule has 1 saturated carbocycles. The molecule has 2 N–H and O–H groups in total. The first-order valence-corrected chi connectivity index (χ1v) is 8.73. The monoisotopic (exact) mass is 342 g/mol. The number of rotatable bonds is 4. The number of aromatic nitrogens is 4. The molecule has 0 radical (unpaired) electrons. The number of tetrazole rings is 1. The third-order valence-corrected chi connectivity index (χ3v) is 5.22. The molecule has 0 spiro atoms. The summed E-state index contributed by atoms with van der Waals surface area (Å²) in [5.41, 5.74) is 1.38. The summed E-state index contributed by atoms with van der Waals surface area (Å²) in [7, 11) is 1.59. The Hall–Kier alpha value is -2.48. The molecule has 1 saturated heterocycles. The maximum atomic E-state index is 12.7. The predicted octanol–water partition coefficient (Wildman–Crippen LogP) is 1.53. The summed E-state index contributed by atoms with van der Waals surface area (Å²) in [6.07, 6.45) is 7.37. The van der Waals surface area contributed by atoms with Crippen molar-refractivity contribution in [2.45, 2.75) is 44.2 Å². The lowest BCUT2D eigenvalue weighted by atomic mass is 9.85. The van der Waals surface area contributed by atoms with Crippen LogP contribution in [0.15, 0.2) is 24.5 Å². The van der Waals surface area contributed by atoms with Crippen molar-refractivity contribution in [3.63, 3.8) is 0 Å². The molecule has 1 aromatic carbocycles. The Balaban J connectivity index is 1.49. The largest absolute Gasteiger partial charge is 0.494 e. The van der Waals surface area contributed by atoms with Crippen LogP contribution in [0.2, 0.25) is 0 Å². The van der Waals surface area contributed by atoms with Gasteiger partial charge in [0.1, 0.15) is 17.8 Å². The van der Waals surface area contributed by atoms with Crippen molar-refractivity contribution in [3.05, 3.63) is 24.5 Å². The smallest absolute Gasteiger partial charge is 0.241 e. The molecule has 4 rings (SSSR count). The fourth-order valence-corrected chi connectivity index (χ4v) is 3.97. The fourth-order valence-electron chi connectivity index (χ4n) is 3.97. The van der Waals surface area contributed by atoms with Crippen LogP contribution in [0.25, 0.3) is 5.69 Å². The highest BCUT2D eigenvalue weighted by Crippen LogP contribution is 2.33. The lowest BCUT2D eigenvalue weighted by molar-refractivity contribution is -0.117. The Labute approximate surface area is 145 Å². The SMILES string of the molecule is COc1ccc(NC(=O)C2CC3CCCCC3N2)cc1-n1cnnn1. The lowest BCUT2D eigenvalue weighted by Gasteiger charge is -2.24. The maximum absolute atomic E-state index is 12.7. The highest BCUT2D eigenvalue weighted by molar-refractivity contribution is 5.95. The van der Waals surface area contributed by atoms with Gasteiger partial charge in [0.15, 0.2) is 0 Å². The number of nitrogens with one attached hydrogen (secondary N) is 2. The van der Waals surface area contributed by atoms with Gasteiger partial charge in [0.25, 0.3) is 0 Å². The van der Waals surface area contributed by atoms with E-state index in [0.29, 0.717) is 29.1 Å². The summed E-state index contributed by atoms with van der Waals surface area (Å²) >= 11 is 0. The molecule has 25 heavy (non-hydrogen) atoms. The summed E-state index contributed by atoms with van der Waals surface area (Å²) < 4.78 is 6.86. The molecule has 3 atom stereocenters. The molecule has 1 aromatic heterocycles. The van der Waals surface area contributed by atoms with E-state index < -0.39 is 0 Å². The van der Waals surface area contributed by atoms with Crippen LogP contribution in [-0.2, 0) is 4.79 Å². The van der Waals surface area contributed by atoms with Gasteiger partial charge >= 0.3 is 0 Å². The number of fused-ring (bicyclic) bond motifs is 1. The Bertz CT molecular complexity index is 734. The van der Waals surface area contributed by atoms with E-state index in [0.717, 1.165) is 6.42 Å². The van der Waals surface area contributed by atoms with Gasteiger partial charge in [0.05, 0.1) is 13.2 Å². The molecule has 2 aromatic rings. The second kappa shape index (κ2) is 6.79. The van der Waals surface area contributed by atoms with Crippen LogP contribution >= 0.6 is 0 Å². The molecular formula is C17H22N6O2. The van der Waals surface area contributed by atoms with E-state index in [1.54, 1.807) is 13.2 Å². The van der Waals surface area contributed by atoms with Gasteiger partial charge in [-0.2, -0.15) is 4.68 Å². The maximum Gasteiger partial charge on any atom is 0.241 e. The number of ether oxygens (including phenoxy) is 1. The van der Waals surface area contributed by atoms with Crippen LogP contribution in [-0.4, -0.2) is 45.3 Å². The second-order valence-electron chi connectivity index (χ2n) is 6.74. The van der Waals surface area contributed by atoms with E-state index in [1.807, 2.05) is 12.1 Å². The van der Waals surface area contributed by atoms with Gasteiger partial charge in [-0.05, 0) is 53.8 Å². The molecular weight excluding hydrogens is 320 g/mol. The highest BCUT2D eigenvalue weighted by Gasteiger charge is 2.38. The van der Waals surface area contributed by atoms with E-state index in [2.05, 4.69) is 26.2 Å². The van der Waals surface area contributed by atoms with Gasteiger partial charge in [-0.25, -0.2) is 0 Å². The first kappa shape index (κ1) is 16.0. The second-order valence-corrected chi connectivity index (χ2v) is 6.74. The van der Waals surface area contributed by atoms with Crippen LogP contribution in [0.3, 0.4) is 0 Å². The van der Waals surface area contributed by atoms with Crippen LogP contribution in [0.4, 0.5) is 5.69 Å². The van der Waals surface area contributed by atoms with Crippen molar-refractivity contribution < 1.29 is 9.53 Å². The number of amides is 1. The topological polar surface area (TPSA) is 94.0 Å². The average Bonchev–Trinajstić information content (AvgIpc) is 3.31. The third-order valence-electron chi connectivity index (χ3n) is 5.22. The average molecular weight is 342 g/mol. The Morgan fingerprint density at radius 1 is 1.36 bits per heavy atom. The van der Waals surface area contributed by atoms with E-state index in [9.17, 15) is 4.79 Å². The number of carbonyl (C=O) groups excluding carboxylic acids is 1. The van der Waals surface area contributed by atoms with Crippen molar-refractivity contribution in [1.29, 1.82) is 0 Å². The van der Waals surface area contributed by atoms with Crippen LogP contribution in [0.5, 0.6) is 5.75 Å². The van der Waals surface area contributed by atoms with Crippen LogP contribution in [0, 0.1) is 5.92 Å². The molecule has 1 aliphatic carbocycles. The Morgan fingerprint density at radius 3 is 3.00 bits per heavy atom. The fraction of sp³-hybridized carbons (Fsp3) is 0.529. The van der Waals surface area contributed by atoms with Crippen molar-refractivity contribution in [3.8, 4) is 11.4 Å². The molecule has 1 aliphatic heterocycles. The first-order chi connectivity index (χ1) is 12.2. The Kier molecular flexibility index (Phi) is 4.35. The standard InChI is InChI=1S/C17H22N6O2/c1-25-16-7-6-12(9-15(16)23-10-18-21-22-23)19-17(24)14-8-11-4-2-3-5-13(11)20-14/h6-7,9-11,13-14,20H,2-5,8H2,1H3,(H,19,24). The number of methoxy groups -OCH3 is 1. The van der Waals surface area contributed by atoms with E-state index in [-0.39, 0.29) is 11.9 Å². The van der Waals surface area contributed by atoms with E-state index in [4.69, 9.17) is 4.74 Å². The molecule has 2 fully saturated rings. The number of nitrogens with zero attached hydrogens (tertiary/aromatic N) is 4. The quantitative estimate of drug-likeness (QED) is 0.875. The normalized spacial score (nSPS) is 25.4. The van der Waals surface area contributed by atoms with Crippen LogP contribution in [0.1, 0.15) is 32.1 Å². The highest BCUT2D eigenvalue weighted by atomic mass is 16.5. The summed E-state index contributed by atoms with van der Waals surface area (Å²) in [6, 6.07) is 5.82. The molecule has 2 heterocycles. The molecule has 8 nitrogen and oxygen atoms in total. The summed E-state index contributed by atoms with van der Waals surface area (Å²) in [4.78, 5) is 12.7. The third kappa shape index (κ3) is 3.21. The molecule has 8 heteroatoms. The van der Waals surface area contributed by atoms with Gasteiger partial charge in [0.2, 0.25) is 5.91 Å². The zero-order valence-electron chi connectivity index (χ0n) is 14.2. The number of carbonyl (C=O) groups is 1. The summed E-state index contributed by atoms with van der Waals surface area (Å²) in [5.74, 6) is 1.29. The zero-order valence-corrected chi connectivity index (χ0v) is 14.2. The minimum Gasteiger partial charge on any atom is -0.494 e. The molecule has 2 aliphatic rings. The summed E-state index contributed by atoms with van der Waals surface area (Å²) in [6.45, 7) is 0. The molecule has 132 valence electrons. The van der Waals surface area contributed by atoms with Gasteiger partial charge in [-0.1, -0.05) is 12.8 Å². The minimum atomic E-state index is -0.119. The zero-order chi connectivity index (χ0) is 17.2. The van der Waals surface area contributed by atoms with Crippen LogP contribution < -0.4 is 15.4 Å². The van der Waals surface area contributed by atoms with E-state index in [1.165, 1.54) is 36.7 Å². The van der Waals surface area contributed by atoms with Gasteiger partial charge < -0.3 is 15.4 Å². The van der Waals surface area contributed by atoms with Gasteiger partial charge in [-0.15, -0.1) is 5.10 Å². The minimum absolute atomic E-state index is 0.0160. The molecule has 1 amide bonds. The number of hydrogen-bond donors (Lipinski definition) is 2. The number of hydrogen-bond acceptors (Lipinski definition) is 6. The van der Waals surface area contributed by atoms with Crippen molar-refractivity contribution in [2.75, 3.05) is 12.4 Å². The van der Waals surface area contributed by atoms with Gasteiger partial charge in [0, 0.05) is 11.7 Å². The number of anilines is 1. The number of benzene rings is 1. The first-order valence-electron chi connectivity index (χ1n) is 8.73. The Morgan fingerprint density at radius 2 is 2.24 bits per heavy atom. The lowest BCUT2D eigenvalue weighted by Crippen LogP contribution is -2.39. The molecule has 3 unspecified atom stereocenters.